The molecular formula is C60H94S4. The molecule has 0 N–H and O–H groups in total. The van der Waals surface area contributed by atoms with E-state index in [1.807, 2.05) is 0 Å². The van der Waals surface area contributed by atoms with Crippen LogP contribution in [0, 0.1) is 13.8 Å². The molecule has 0 unspecified atom stereocenters. The first kappa shape index (κ1) is 53.5. The number of unbranched alkanes of at least 4 members (excludes halogenated alkanes) is 28. The van der Waals surface area contributed by atoms with Crippen LogP contribution in [0.25, 0.3) is 41.1 Å². The van der Waals surface area contributed by atoms with E-state index in [0.29, 0.717) is 0 Å². The molecule has 4 aromatic heterocycles. The van der Waals surface area contributed by atoms with Crippen molar-refractivity contribution >= 4 is 65.5 Å². The third-order valence-electron chi connectivity index (χ3n) is 14.1. The molecule has 0 spiro atoms. The number of aryl methyl sites for hydroxylation is 6. The summed E-state index contributed by atoms with van der Waals surface area (Å²) in [5.74, 6) is 0. The first-order chi connectivity index (χ1) is 31.5. The number of rotatable bonds is 38. The van der Waals surface area contributed by atoms with E-state index >= 15 is 0 Å². The minimum Gasteiger partial charge on any atom is -0.140 e. The molecule has 0 fully saturated rings. The minimum atomic E-state index is 1.26. The molecule has 0 saturated carbocycles. The molecule has 5 rings (SSSR count). The molecule has 64 heavy (non-hydrogen) atoms. The van der Waals surface area contributed by atoms with E-state index in [4.69, 9.17) is 0 Å². The largest absolute Gasteiger partial charge is 0.140 e. The molecule has 358 valence electrons. The molecule has 1 aromatic carbocycles. The van der Waals surface area contributed by atoms with Gasteiger partial charge in [0.15, 0.2) is 0 Å². The van der Waals surface area contributed by atoms with Crippen molar-refractivity contribution in [2.45, 2.75) is 273 Å². The van der Waals surface area contributed by atoms with Crippen molar-refractivity contribution in [2.75, 3.05) is 0 Å². The zero-order valence-electron chi connectivity index (χ0n) is 42.4. The van der Waals surface area contributed by atoms with Crippen LogP contribution in [0.3, 0.4) is 0 Å². The number of fused-ring (bicyclic) bond motifs is 2. The van der Waals surface area contributed by atoms with Crippen LogP contribution in [0.1, 0.15) is 264 Å². The third kappa shape index (κ3) is 17.6. The SMILES string of the molecule is CCCCCCCCCCc1cc(-c2c3cc(C)sc3c(-c3cc(CCCCCCCCCC)c(CCCCCCCCCC)s3)c3cc(C)sc23)sc1CCCCCCCCCC. The highest BCUT2D eigenvalue weighted by Crippen LogP contribution is 2.52. The monoisotopic (exact) mass is 943 g/mol. The Kier molecular flexibility index (Phi) is 26.4. The maximum Gasteiger partial charge on any atom is 0.0445 e. The van der Waals surface area contributed by atoms with Crippen LogP contribution in [0.2, 0.25) is 0 Å². The van der Waals surface area contributed by atoms with Gasteiger partial charge in [-0.3, -0.25) is 0 Å². The molecule has 0 aliphatic heterocycles. The summed E-state index contributed by atoms with van der Waals surface area (Å²) in [4.78, 5) is 9.39. The predicted octanol–water partition coefficient (Wildman–Crippen LogP) is 22.9. The first-order valence-corrected chi connectivity index (χ1v) is 31.0. The van der Waals surface area contributed by atoms with Crippen molar-refractivity contribution in [1.29, 1.82) is 0 Å². The van der Waals surface area contributed by atoms with Gasteiger partial charge in [-0.2, -0.15) is 0 Å². The fourth-order valence-corrected chi connectivity index (χ4v) is 15.2. The third-order valence-corrected chi connectivity index (χ3v) is 18.7. The lowest BCUT2D eigenvalue weighted by molar-refractivity contribution is 0.572. The predicted molar refractivity (Wildman–Crippen MR) is 299 cm³/mol. The number of hydrogen-bond donors (Lipinski definition) is 0. The van der Waals surface area contributed by atoms with Crippen LogP contribution in [0.15, 0.2) is 24.3 Å². The molecule has 0 radical (unpaired) electrons. The summed E-state index contributed by atoms with van der Waals surface area (Å²) >= 11 is 8.48. The molecule has 4 heteroatoms. The summed E-state index contributed by atoms with van der Waals surface area (Å²) in [6.45, 7) is 14.0. The van der Waals surface area contributed by atoms with Crippen LogP contribution in [0.5, 0.6) is 0 Å². The van der Waals surface area contributed by atoms with Crippen LogP contribution in [-0.4, -0.2) is 0 Å². The second-order valence-corrected chi connectivity index (χ2v) is 24.8. The van der Waals surface area contributed by atoms with Crippen molar-refractivity contribution in [2.24, 2.45) is 0 Å². The summed E-state index contributed by atoms with van der Waals surface area (Å²) in [5, 5.41) is 3.04. The molecule has 4 heterocycles. The zero-order valence-corrected chi connectivity index (χ0v) is 45.7. The quantitative estimate of drug-likeness (QED) is 0.0346. The highest BCUT2D eigenvalue weighted by molar-refractivity contribution is 7.23. The molecular weight excluding hydrogens is 849 g/mol. The fraction of sp³-hybridized carbons (Fsp3) is 0.700. The number of benzene rings is 1. The van der Waals surface area contributed by atoms with E-state index in [0.717, 1.165) is 0 Å². The van der Waals surface area contributed by atoms with Gasteiger partial charge in [-0.15, -0.1) is 45.3 Å². The standard InChI is InChI=1S/C60H94S4/c1-7-11-15-19-23-27-31-35-39-49-45-55(63-53(49)41-37-33-29-25-21-17-13-9-3)57-51-43-47(5)62-60(51)58(52-44-48(6)61-59(52)57)56-46-50(40-36-32-28-24-20-16-12-8-2)54(64-56)42-38-34-30-26-22-18-14-10-4/h43-46H,7-42H2,1-6H3. The minimum absolute atomic E-state index is 1.26. The first-order valence-electron chi connectivity index (χ1n) is 27.7. The Morgan fingerprint density at radius 3 is 0.859 bits per heavy atom. The molecule has 0 aliphatic rings. The van der Waals surface area contributed by atoms with Gasteiger partial charge in [0.2, 0.25) is 0 Å². The summed E-state index contributed by atoms with van der Waals surface area (Å²) in [7, 11) is 0. The highest BCUT2D eigenvalue weighted by atomic mass is 32.1. The second-order valence-electron chi connectivity index (χ2n) is 20.0. The van der Waals surface area contributed by atoms with Gasteiger partial charge in [0.05, 0.1) is 0 Å². The zero-order chi connectivity index (χ0) is 45.2. The van der Waals surface area contributed by atoms with Crippen LogP contribution in [-0.2, 0) is 25.7 Å². The normalized spacial score (nSPS) is 12.0. The van der Waals surface area contributed by atoms with E-state index in [2.05, 4.69) is 111 Å². The maximum atomic E-state index is 2.69. The molecule has 0 amide bonds. The van der Waals surface area contributed by atoms with E-state index in [-0.39, 0.29) is 0 Å². The lowest BCUT2D eigenvalue weighted by Crippen LogP contribution is -1.91. The fourth-order valence-electron chi connectivity index (χ4n) is 10.3. The molecule has 0 saturated heterocycles. The maximum absolute atomic E-state index is 2.69. The van der Waals surface area contributed by atoms with Crippen molar-refractivity contribution in [3.63, 3.8) is 0 Å². The smallest absolute Gasteiger partial charge is 0.0445 e. The summed E-state index contributed by atoms with van der Waals surface area (Å²) in [6.07, 6.45) is 49.7. The second kappa shape index (κ2) is 31.6. The Morgan fingerprint density at radius 1 is 0.297 bits per heavy atom. The average Bonchev–Trinajstić information content (AvgIpc) is 4.08. The Hall–Kier alpha value is -1.46. The Balaban J connectivity index is 1.42. The van der Waals surface area contributed by atoms with E-state index in [9.17, 15) is 0 Å². The summed E-state index contributed by atoms with van der Waals surface area (Å²) in [5.41, 5.74) is 6.45. The van der Waals surface area contributed by atoms with Crippen LogP contribution >= 0.6 is 45.3 Å². The van der Waals surface area contributed by atoms with Gasteiger partial charge >= 0.3 is 0 Å². The van der Waals surface area contributed by atoms with Crippen LogP contribution in [0.4, 0.5) is 0 Å². The van der Waals surface area contributed by atoms with Crippen molar-refractivity contribution < 1.29 is 0 Å². The van der Waals surface area contributed by atoms with Gasteiger partial charge in [0.25, 0.3) is 0 Å². The van der Waals surface area contributed by atoms with E-state index < -0.39 is 0 Å². The molecule has 0 atom stereocenters. The lowest BCUT2D eigenvalue weighted by atomic mass is 9.97. The highest BCUT2D eigenvalue weighted by Gasteiger charge is 2.24. The van der Waals surface area contributed by atoms with E-state index in [1.165, 1.54) is 252 Å². The van der Waals surface area contributed by atoms with Gasteiger partial charge in [0.1, 0.15) is 0 Å². The average molecular weight is 944 g/mol. The molecule has 5 aromatic rings. The number of hydrogen-bond acceptors (Lipinski definition) is 4. The molecule has 0 nitrogen and oxygen atoms in total. The van der Waals surface area contributed by atoms with Crippen molar-refractivity contribution in [3.05, 3.63) is 54.9 Å². The van der Waals surface area contributed by atoms with Gasteiger partial charge in [-0.05, 0) is 101 Å². The van der Waals surface area contributed by atoms with Crippen molar-refractivity contribution in [3.8, 4) is 20.9 Å². The van der Waals surface area contributed by atoms with Crippen LogP contribution < -0.4 is 0 Å². The Labute approximate surface area is 411 Å². The summed E-state index contributed by atoms with van der Waals surface area (Å²) < 4.78 is 3.08. The Bertz CT molecular complexity index is 1710. The number of thiophene rings is 4. The van der Waals surface area contributed by atoms with Gasteiger partial charge in [-0.25, -0.2) is 0 Å². The van der Waals surface area contributed by atoms with E-state index in [1.54, 1.807) is 51.2 Å². The van der Waals surface area contributed by atoms with Gasteiger partial charge in [-0.1, -0.05) is 207 Å². The Morgan fingerprint density at radius 2 is 0.562 bits per heavy atom. The van der Waals surface area contributed by atoms with Gasteiger partial charge in [0, 0.05) is 60.6 Å². The van der Waals surface area contributed by atoms with Gasteiger partial charge < -0.3 is 0 Å². The molecule has 0 aliphatic carbocycles. The topological polar surface area (TPSA) is 0 Å². The van der Waals surface area contributed by atoms with Crippen molar-refractivity contribution in [1.82, 2.24) is 0 Å². The molecule has 0 bridgehead atoms. The summed E-state index contributed by atoms with van der Waals surface area (Å²) in [6, 6.07) is 10.5. The lowest BCUT2D eigenvalue weighted by Gasteiger charge is -2.10.